The number of hydrogen-bond acceptors (Lipinski definition) is 5. The summed E-state index contributed by atoms with van der Waals surface area (Å²) in [6, 6.07) is 5.32. The van der Waals surface area contributed by atoms with Gasteiger partial charge in [-0.1, -0.05) is 31.9 Å². The molecule has 2 atom stereocenters. The molecule has 24 heavy (non-hydrogen) atoms. The molecule has 1 aromatic carbocycles. The molecule has 1 aliphatic carbocycles. The number of para-hydroxylation sites is 1. The molecule has 0 heterocycles. The topological polar surface area (TPSA) is 105 Å². The molecule has 0 radical (unpaired) electrons. The molecule has 0 aromatic heterocycles. The van der Waals surface area contributed by atoms with Gasteiger partial charge in [-0.25, -0.2) is 9.59 Å². The Kier molecular flexibility index (Phi) is 6.17. The van der Waals surface area contributed by atoms with Gasteiger partial charge in [0.25, 0.3) is 5.91 Å². The molecule has 0 spiro atoms. The highest BCUT2D eigenvalue weighted by Crippen LogP contribution is 2.23. The minimum absolute atomic E-state index is 0.0363. The quantitative estimate of drug-likeness (QED) is 0.730. The van der Waals surface area contributed by atoms with Gasteiger partial charge in [-0.15, -0.1) is 0 Å². The highest BCUT2D eigenvalue weighted by atomic mass is 16.5. The first-order valence-corrected chi connectivity index (χ1v) is 8.03. The number of aromatic hydroxyl groups is 1. The fourth-order valence-electron chi connectivity index (χ4n) is 2.75. The zero-order valence-corrected chi connectivity index (χ0v) is 13.6. The molecule has 1 aliphatic rings. The molecule has 130 valence electrons. The van der Waals surface area contributed by atoms with Crippen molar-refractivity contribution < 1.29 is 24.2 Å². The molecule has 0 bridgehead atoms. The number of benzene rings is 1. The number of phenols is 1. The molecule has 0 saturated heterocycles. The summed E-state index contributed by atoms with van der Waals surface area (Å²) < 4.78 is 4.79. The second-order valence-electron chi connectivity index (χ2n) is 5.98. The first kappa shape index (κ1) is 17.8. The van der Waals surface area contributed by atoms with Crippen LogP contribution in [0.15, 0.2) is 24.3 Å². The van der Waals surface area contributed by atoms with E-state index >= 15 is 0 Å². The molecule has 0 unspecified atom stereocenters. The highest BCUT2D eigenvalue weighted by Gasteiger charge is 2.23. The van der Waals surface area contributed by atoms with Crippen LogP contribution in [0, 0.1) is 5.92 Å². The number of urea groups is 1. The van der Waals surface area contributed by atoms with Crippen LogP contribution in [-0.2, 0) is 9.53 Å². The number of phenolic OH excluding ortho intramolecular Hbond substituents is 1. The molecular formula is C17H22N2O5. The molecule has 0 aliphatic heterocycles. The molecule has 3 amide bonds. The zero-order valence-electron chi connectivity index (χ0n) is 13.6. The Morgan fingerprint density at radius 2 is 1.92 bits per heavy atom. The average Bonchev–Trinajstić information content (AvgIpc) is 2.55. The van der Waals surface area contributed by atoms with Crippen molar-refractivity contribution in [3.63, 3.8) is 0 Å². The van der Waals surface area contributed by atoms with Crippen molar-refractivity contribution in [3.05, 3.63) is 29.8 Å². The Hall–Kier alpha value is -2.57. The van der Waals surface area contributed by atoms with E-state index in [1.165, 1.54) is 12.1 Å². The lowest BCUT2D eigenvalue weighted by atomic mass is 9.86. The van der Waals surface area contributed by atoms with Gasteiger partial charge in [0.2, 0.25) is 0 Å². The third-order valence-corrected chi connectivity index (χ3v) is 4.14. The number of carbonyl (C=O) groups excluding carboxylic acids is 3. The maximum atomic E-state index is 11.8. The monoisotopic (exact) mass is 334 g/mol. The van der Waals surface area contributed by atoms with Gasteiger partial charge in [0.15, 0.2) is 6.61 Å². The summed E-state index contributed by atoms with van der Waals surface area (Å²) in [6.07, 6.45) is 4.16. The first-order chi connectivity index (χ1) is 11.5. The summed E-state index contributed by atoms with van der Waals surface area (Å²) in [5.41, 5.74) is -0.0363. The smallest absolute Gasteiger partial charge is 0.342 e. The van der Waals surface area contributed by atoms with Crippen molar-refractivity contribution in [2.24, 2.45) is 5.92 Å². The van der Waals surface area contributed by atoms with Crippen molar-refractivity contribution in [2.75, 3.05) is 6.61 Å². The largest absolute Gasteiger partial charge is 0.507 e. The van der Waals surface area contributed by atoms with Crippen LogP contribution in [0.4, 0.5) is 4.79 Å². The van der Waals surface area contributed by atoms with E-state index < -0.39 is 24.5 Å². The van der Waals surface area contributed by atoms with Crippen molar-refractivity contribution in [3.8, 4) is 5.75 Å². The predicted octanol–water partition coefficient (Wildman–Crippen LogP) is 1.95. The van der Waals surface area contributed by atoms with Crippen LogP contribution >= 0.6 is 0 Å². The van der Waals surface area contributed by atoms with E-state index in [4.69, 9.17) is 4.74 Å². The van der Waals surface area contributed by atoms with Crippen molar-refractivity contribution in [1.82, 2.24) is 10.6 Å². The number of rotatable bonds is 4. The van der Waals surface area contributed by atoms with Crippen LogP contribution in [0.25, 0.3) is 0 Å². The maximum Gasteiger partial charge on any atom is 0.342 e. The number of nitrogens with one attached hydrogen (secondary N) is 2. The summed E-state index contributed by atoms with van der Waals surface area (Å²) >= 11 is 0. The number of imide groups is 1. The highest BCUT2D eigenvalue weighted by molar-refractivity contribution is 5.97. The minimum atomic E-state index is -0.829. The number of hydrogen-bond donors (Lipinski definition) is 3. The van der Waals surface area contributed by atoms with Crippen molar-refractivity contribution in [2.45, 2.75) is 38.6 Å². The molecular weight excluding hydrogens is 312 g/mol. The van der Waals surface area contributed by atoms with E-state index in [1.807, 2.05) is 0 Å². The molecule has 2 rings (SSSR count). The van der Waals surface area contributed by atoms with E-state index in [1.54, 1.807) is 12.1 Å². The van der Waals surface area contributed by atoms with Gasteiger partial charge < -0.3 is 15.2 Å². The van der Waals surface area contributed by atoms with Crippen LogP contribution in [0.5, 0.6) is 5.75 Å². The third-order valence-electron chi connectivity index (χ3n) is 4.14. The predicted molar refractivity (Wildman–Crippen MR) is 86.5 cm³/mol. The molecule has 1 fully saturated rings. The van der Waals surface area contributed by atoms with E-state index in [2.05, 4.69) is 17.6 Å². The molecule has 1 aromatic rings. The second kappa shape index (κ2) is 8.33. The standard InChI is InChI=1S/C17H22N2O5/c1-11-6-2-4-8-13(11)18-17(23)19-15(21)10-24-16(22)12-7-3-5-9-14(12)20/h3,5,7,9,11,13,20H,2,4,6,8,10H2,1H3,(H2,18,19,21,23)/t11-,13-/m1/s1. The SMILES string of the molecule is C[C@@H]1CCCC[C@H]1NC(=O)NC(=O)COC(=O)c1ccccc1O. The number of esters is 1. The van der Waals surface area contributed by atoms with Gasteiger partial charge in [-0.3, -0.25) is 10.1 Å². The fraction of sp³-hybridized carbons (Fsp3) is 0.471. The van der Waals surface area contributed by atoms with Crippen LogP contribution < -0.4 is 10.6 Å². The van der Waals surface area contributed by atoms with E-state index in [9.17, 15) is 19.5 Å². The van der Waals surface area contributed by atoms with Crippen molar-refractivity contribution >= 4 is 17.9 Å². The van der Waals surface area contributed by atoms with E-state index in [0.717, 1.165) is 25.7 Å². The summed E-state index contributed by atoms with van der Waals surface area (Å²) in [4.78, 5) is 35.3. The summed E-state index contributed by atoms with van der Waals surface area (Å²) in [5, 5.41) is 14.5. The maximum absolute atomic E-state index is 11.8. The van der Waals surface area contributed by atoms with E-state index in [0.29, 0.717) is 5.92 Å². The van der Waals surface area contributed by atoms with Crippen LogP contribution in [0.1, 0.15) is 43.0 Å². The normalized spacial score (nSPS) is 20.0. The summed E-state index contributed by atoms with van der Waals surface area (Å²) in [6.45, 7) is 1.47. The molecule has 1 saturated carbocycles. The summed E-state index contributed by atoms with van der Waals surface area (Å²) in [5.74, 6) is -1.41. The van der Waals surface area contributed by atoms with E-state index in [-0.39, 0.29) is 17.4 Å². The number of carbonyl (C=O) groups is 3. The zero-order chi connectivity index (χ0) is 17.5. The van der Waals surface area contributed by atoms with Crippen LogP contribution in [-0.4, -0.2) is 35.7 Å². The fourth-order valence-corrected chi connectivity index (χ4v) is 2.75. The lowest BCUT2D eigenvalue weighted by molar-refractivity contribution is -0.123. The summed E-state index contributed by atoms with van der Waals surface area (Å²) in [7, 11) is 0. The first-order valence-electron chi connectivity index (χ1n) is 8.03. The molecule has 3 N–H and O–H groups in total. The van der Waals surface area contributed by atoms with Crippen LogP contribution in [0.2, 0.25) is 0 Å². The lowest BCUT2D eigenvalue weighted by Gasteiger charge is -2.29. The Morgan fingerprint density at radius 3 is 2.62 bits per heavy atom. The number of amides is 3. The Bertz CT molecular complexity index is 617. The number of ether oxygens (including phenoxy) is 1. The molecule has 7 heteroatoms. The van der Waals surface area contributed by atoms with Crippen molar-refractivity contribution in [1.29, 1.82) is 0 Å². The van der Waals surface area contributed by atoms with Gasteiger partial charge in [0.05, 0.1) is 0 Å². The second-order valence-corrected chi connectivity index (χ2v) is 5.98. The Balaban J connectivity index is 1.75. The lowest BCUT2D eigenvalue weighted by Crippen LogP contribution is -2.48. The van der Waals surface area contributed by atoms with Crippen LogP contribution in [0.3, 0.4) is 0 Å². The minimum Gasteiger partial charge on any atom is -0.507 e. The van der Waals surface area contributed by atoms with Gasteiger partial charge in [-0.05, 0) is 30.9 Å². The Labute approximate surface area is 140 Å². The average molecular weight is 334 g/mol. The molecule has 7 nitrogen and oxygen atoms in total. The van der Waals surface area contributed by atoms with Gasteiger partial charge >= 0.3 is 12.0 Å². The Morgan fingerprint density at radius 1 is 1.21 bits per heavy atom. The third kappa shape index (κ3) is 4.97. The van der Waals surface area contributed by atoms with Gasteiger partial charge in [0.1, 0.15) is 11.3 Å². The van der Waals surface area contributed by atoms with Gasteiger partial charge in [-0.2, -0.15) is 0 Å². The van der Waals surface area contributed by atoms with Gasteiger partial charge in [0, 0.05) is 6.04 Å².